The van der Waals surface area contributed by atoms with E-state index >= 15 is 0 Å². The van der Waals surface area contributed by atoms with Crippen molar-refractivity contribution in [1.82, 2.24) is 15.5 Å². The molecule has 0 radical (unpaired) electrons. The molecule has 25 heavy (non-hydrogen) atoms. The summed E-state index contributed by atoms with van der Waals surface area (Å²) in [6.07, 6.45) is 2.60. The third-order valence-electron chi connectivity index (χ3n) is 4.57. The van der Waals surface area contributed by atoms with Crippen LogP contribution in [0.15, 0.2) is 52.2 Å². The van der Waals surface area contributed by atoms with Gasteiger partial charge in [0.05, 0.1) is 12.6 Å². The summed E-state index contributed by atoms with van der Waals surface area (Å²) in [5.41, 5.74) is 2.65. The maximum Gasteiger partial charge on any atom is 0.191 e. The van der Waals surface area contributed by atoms with Crippen molar-refractivity contribution in [1.29, 1.82) is 0 Å². The van der Waals surface area contributed by atoms with Gasteiger partial charge < -0.3 is 10.6 Å². The van der Waals surface area contributed by atoms with Crippen molar-refractivity contribution in [3.05, 3.63) is 58.3 Å². The number of aliphatic imine (C=N–C) groups is 1. The van der Waals surface area contributed by atoms with Crippen LogP contribution in [0, 0.1) is 0 Å². The van der Waals surface area contributed by atoms with Crippen molar-refractivity contribution in [3.8, 4) is 0 Å². The molecule has 2 N–H and O–H groups in total. The van der Waals surface area contributed by atoms with Crippen LogP contribution in [0.25, 0.3) is 0 Å². The quantitative estimate of drug-likeness (QED) is 0.588. The molecule has 2 heterocycles. The fourth-order valence-electron chi connectivity index (χ4n) is 3.27. The molecule has 1 aliphatic rings. The number of nitrogens with one attached hydrogen (secondary N) is 2. The fraction of sp³-hybridized carbons (Fsp3) is 0.450. The normalized spacial score (nSPS) is 16.8. The molecule has 3 rings (SSSR count). The highest BCUT2D eigenvalue weighted by atomic mass is 32.1. The first-order valence-electron chi connectivity index (χ1n) is 9.19. The summed E-state index contributed by atoms with van der Waals surface area (Å²) in [5.74, 6) is 0.897. The van der Waals surface area contributed by atoms with Crippen LogP contribution in [0.5, 0.6) is 0 Å². The zero-order valence-corrected chi connectivity index (χ0v) is 15.8. The number of nitrogens with zero attached hydrogens (tertiary/aromatic N) is 2. The zero-order chi connectivity index (χ0) is 17.3. The molecule has 1 unspecified atom stereocenters. The van der Waals surface area contributed by atoms with Gasteiger partial charge in [0.2, 0.25) is 0 Å². The number of rotatable bonds is 7. The summed E-state index contributed by atoms with van der Waals surface area (Å²) in [7, 11) is 0. The minimum Gasteiger partial charge on any atom is -0.357 e. The number of likely N-dealkylation sites (tertiary alicyclic amines) is 1. The number of hydrogen-bond acceptors (Lipinski definition) is 3. The van der Waals surface area contributed by atoms with Crippen molar-refractivity contribution < 1.29 is 0 Å². The van der Waals surface area contributed by atoms with Crippen LogP contribution in [0.4, 0.5) is 0 Å². The van der Waals surface area contributed by atoms with Crippen molar-refractivity contribution in [2.24, 2.45) is 4.99 Å². The molecule has 134 valence electrons. The Morgan fingerprint density at radius 2 is 1.96 bits per heavy atom. The van der Waals surface area contributed by atoms with Crippen LogP contribution in [-0.4, -0.2) is 37.0 Å². The molecule has 1 atom stereocenters. The molecule has 0 amide bonds. The molecule has 0 aliphatic carbocycles. The molecule has 0 spiro atoms. The predicted molar refractivity (Wildman–Crippen MR) is 107 cm³/mol. The molecule has 1 aromatic heterocycles. The van der Waals surface area contributed by atoms with Crippen LogP contribution >= 0.6 is 11.3 Å². The van der Waals surface area contributed by atoms with Crippen molar-refractivity contribution in [3.63, 3.8) is 0 Å². The van der Waals surface area contributed by atoms with Gasteiger partial charge in [0.1, 0.15) is 0 Å². The molecule has 1 fully saturated rings. The number of thiophene rings is 1. The first-order valence-corrected chi connectivity index (χ1v) is 10.1. The van der Waals surface area contributed by atoms with Gasteiger partial charge >= 0.3 is 0 Å². The van der Waals surface area contributed by atoms with Gasteiger partial charge in [-0.15, -0.1) is 0 Å². The van der Waals surface area contributed by atoms with Gasteiger partial charge in [-0.25, -0.2) is 4.99 Å². The highest BCUT2D eigenvalue weighted by molar-refractivity contribution is 7.07. The molecule has 2 aromatic rings. The lowest BCUT2D eigenvalue weighted by atomic mass is 10.1. The summed E-state index contributed by atoms with van der Waals surface area (Å²) in [6.45, 7) is 6.94. The monoisotopic (exact) mass is 356 g/mol. The summed E-state index contributed by atoms with van der Waals surface area (Å²) in [4.78, 5) is 7.32. The Labute approximate surface area is 155 Å². The van der Waals surface area contributed by atoms with Crippen LogP contribution in [0.2, 0.25) is 0 Å². The van der Waals surface area contributed by atoms with Gasteiger partial charge in [0.15, 0.2) is 5.96 Å². The van der Waals surface area contributed by atoms with Gasteiger partial charge in [-0.1, -0.05) is 30.3 Å². The lowest BCUT2D eigenvalue weighted by molar-refractivity contribution is 0.245. The molecule has 5 heteroatoms. The van der Waals surface area contributed by atoms with Crippen LogP contribution in [-0.2, 0) is 6.54 Å². The smallest absolute Gasteiger partial charge is 0.191 e. The minimum absolute atomic E-state index is 0.397. The number of guanidine groups is 1. The van der Waals surface area contributed by atoms with Gasteiger partial charge in [-0.05, 0) is 60.8 Å². The van der Waals surface area contributed by atoms with E-state index in [1.807, 2.05) is 0 Å². The third kappa shape index (κ3) is 5.31. The second-order valence-electron chi connectivity index (χ2n) is 6.38. The van der Waals surface area contributed by atoms with Crippen LogP contribution < -0.4 is 10.6 Å². The Bertz CT molecular complexity index is 633. The van der Waals surface area contributed by atoms with Crippen molar-refractivity contribution in [2.45, 2.75) is 32.4 Å². The average molecular weight is 357 g/mol. The molecular formula is C20H28N4S. The maximum atomic E-state index is 4.73. The van der Waals surface area contributed by atoms with Crippen molar-refractivity contribution >= 4 is 17.3 Å². The number of benzene rings is 1. The van der Waals surface area contributed by atoms with E-state index in [1.165, 1.54) is 37.1 Å². The van der Waals surface area contributed by atoms with E-state index in [1.54, 1.807) is 11.3 Å². The minimum atomic E-state index is 0.397. The Balaban J connectivity index is 1.66. The average Bonchev–Trinajstić information content (AvgIpc) is 3.35. The fourth-order valence-corrected chi connectivity index (χ4v) is 3.93. The lowest BCUT2D eigenvalue weighted by Crippen LogP contribution is -2.42. The lowest BCUT2D eigenvalue weighted by Gasteiger charge is -2.29. The molecule has 4 nitrogen and oxygen atoms in total. The van der Waals surface area contributed by atoms with Gasteiger partial charge in [0, 0.05) is 13.1 Å². The second kappa shape index (κ2) is 9.59. The second-order valence-corrected chi connectivity index (χ2v) is 7.16. The molecule has 1 aliphatic heterocycles. The van der Waals surface area contributed by atoms with E-state index in [-0.39, 0.29) is 0 Å². The van der Waals surface area contributed by atoms with E-state index in [9.17, 15) is 0 Å². The molecule has 0 bridgehead atoms. The Morgan fingerprint density at radius 3 is 2.64 bits per heavy atom. The topological polar surface area (TPSA) is 39.7 Å². The Hall–Kier alpha value is -1.85. The highest BCUT2D eigenvalue weighted by Crippen LogP contribution is 2.24. The van der Waals surface area contributed by atoms with Gasteiger partial charge in [0.25, 0.3) is 0 Å². The Morgan fingerprint density at radius 1 is 1.16 bits per heavy atom. The third-order valence-corrected chi connectivity index (χ3v) is 5.30. The summed E-state index contributed by atoms with van der Waals surface area (Å²) >= 11 is 1.72. The Kier molecular flexibility index (Phi) is 6.89. The van der Waals surface area contributed by atoms with E-state index in [0.29, 0.717) is 6.04 Å². The van der Waals surface area contributed by atoms with Crippen molar-refractivity contribution in [2.75, 3.05) is 26.2 Å². The zero-order valence-electron chi connectivity index (χ0n) is 14.9. The van der Waals surface area contributed by atoms with E-state index in [0.717, 1.165) is 25.6 Å². The van der Waals surface area contributed by atoms with E-state index in [4.69, 9.17) is 4.99 Å². The van der Waals surface area contributed by atoms with E-state index < -0.39 is 0 Å². The first-order chi connectivity index (χ1) is 12.4. The summed E-state index contributed by atoms with van der Waals surface area (Å²) in [6, 6.07) is 13.4. The molecular weight excluding hydrogens is 328 g/mol. The largest absolute Gasteiger partial charge is 0.357 e. The number of hydrogen-bond donors (Lipinski definition) is 2. The summed E-state index contributed by atoms with van der Waals surface area (Å²) in [5, 5.41) is 11.2. The predicted octanol–water partition coefficient (Wildman–Crippen LogP) is 3.64. The SMILES string of the molecule is CCNC(=NCc1ccsc1)NCC(c1ccccc1)N1CCCC1. The van der Waals surface area contributed by atoms with E-state index in [2.05, 4.69) is 69.6 Å². The van der Waals surface area contributed by atoms with Crippen LogP contribution in [0.1, 0.15) is 36.9 Å². The molecule has 1 saturated heterocycles. The highest BCUT2D eigenvalue weighted by Gasteiger charge is 2.23. The standard InChI is InChI=1S/C20H28N4S/c1-2-21-20(22-14-17-10-13-25-16-17)23-15-19(24-11-6-7-12-24)18-8-4-3-5-9-18/h3-5,8-10,13,16,19H,2,6-7,11-12,14-15H2,1H3,(H2,21,22,23). The molecule has 1 aromatic carbocycles. The van der Waals surface area contributed by atoms with Crippen LogP contribution in [0.3, 0.4) is 0 Å². The van der Waals surface area contributed by atoms with Gasteiger partial charge in [-0.3, -0.25) is 4.90 Å². The molecule has 0 saturated carbocycles. The summed E-state index contributed by atoms with van der Waals surface area (Å²) < 4.78 is 0. The first kappa shape index (κ1) is 18.0. The maximum absolute atomic E-state index is 4.73. The van der Waals surface area contributed by atoms with Gasteiger partial charge in [-0.2, -0.15) is 11.3 Å².